The van der Waals surface area contributed by atoms with Gasteiger partial charge in [-0.25, -0.2) is 0 Å². The Morgan fingerprint density at radius 3 is 1.57 bits per heavy atom. The van der Waals surface area contributed by atoms with Crippen LogP contribution in [0.4, 0.5) is 0 Å². The highest BCUT2D eigenvalue weighted by Crippen LogP contribution is 2.56. The lowest BCUT2D eigenvalue weighted by Crippen LogP contribution is -2.09. The molecule has 14 heavy (non-hydrogen) atoms. The minimum Gasteiger partial charge on any atom is -0.297 e. The standard InChI is InChI=1S/C8H4Br2O2S2/c9-5-3(1-11)13-8-6(10)4(2-12)14-7(5)8/h1-2,7-8H. The van der Waals surface area contributed by atoms with E-state index in [4.69, 9.17) is 0 Å². The average molecular weight is 356 g/mol. The van der Waals surface area contributed by atoms with Crippen LogP contribution in [-0.2, 0) is 9.59 Å². The van der Waals surface area contributed by atoms with Crippen LogP contribution in [0.15, 0.2) is 18.8 Å². The quantitative estimate of drug-likeness (QED) is 0.713. The summed E-state index contributed by atoms with van der Waals surface area (Å²) in [7, 11) is 0. The number of carbonyl (C=O) groups excluding carboxylic acids is 2. The number of fused-ring (bicyclic) bond motifs is 1. The molecule has 0 spiro atoms. The van der Waals surface area contributed by atoms with Crippen LogP contribution in [-0.4, -0.2) is 23.1 Å². The summed E-state index contributed by atoms with van der Waals surface area (Å²) in [6.45, 7) is 0. The van der Waals surface area contributed by atoms with E-state index in [9.17, 15) is 9.59 Å². The number of thioether (sulfide) groups is 2. The number of rotatable bonds is 2. The van der Waals surface area contributed by atoms with Gasteiger partial charge in [0.1, 0.15) is 0 Å². The Bertz CT molecular complexity index is 340. The van der Waals surface area contributed by atoms with Crippen molar-refractivity contribution < 1.29 is 9.59 Å². The Hall–Kier alpha value is 0.480. The first kappa shape index (κ1) is 11.0. The maximum absolute atomic E-state index is 10.7. The smallest absolute Gasteiger partial charge is 0.157 e. The van der Waals surface area contributed by atoms with Gasteiger partial charge in [-0.05, 0) is 0 Å². The molecule has 0 aromatic rings. The third-order valence-corrected chi connectivity index (χ3v) is 7.78. The van der Waals surface area contributed by atoms with Crippen LogP contribution in [0.25, 0.3) is 0 Å². The molecule has 2 unspecified atom stereocenters. The van der Waals surface area contributed by atoms with Gasteiger partial charge in [-0.3, -0.25) is 9.59 Å². The molecule has 2 aliphatic rings. The Labute approximate surface area is 106 Å². The zero-order valence-electron chi connectivity index (χ0n) is 6.70. The van der Waals surface area contributed by atoms with Crippen LogP contribution < -0.4 is 0 Å². The second-order valence-corrected chi connectivity index (χ2v) is 6.81. The van der Waals surface area contributed by atoms with E-state index in [1.54, 1.807) is 0 Å². The number of allylic oxidation sites excluding steroid dienone is 2. The maximum atomic E-state index is 10.7. The molecular weight excluding hydrogens is 352 g/mol. The summed E-state index contributed by atoms with van der Waals surface area (Å²) < 4.78 is 1.81. The van der Waals surface area contributed by atoms with Crippen LogP contribution in [0.2, 0.25) is 0 Å². The molecule has 2 rings (SSSR count). The van der Waals surface area contributed by atoms with Gasteiger partial charge in [-0.2, -0.15) is 0 Å². The van der Waals surface area contributed by atoms with Crippen molar-refractivity contribution in [3.63, 3.8) is 0 Å². The lowest BCUT2D eigenvalue weighted by atomic mass is 10.2. The van der Waals surface area contributed by atoms with Gasteiger partial charge in [0, 0.05) is 8.96 Å². The van der Waals surface area contributed by atoms with Crippen LogP contribution in [0, 0.1) is 0 Å². The Morgan fingerprint density at radius 2 is 1.29 bits per heavy atom. The van der Waals surface area contributed by atoms with Crippen molar-refractivity contribution in [2.75, 3.05) is 0 Å². The monoisotopic (exact) mass is 354 g/mol. The van der Waals surface area contributed by atoms with E-state index >= 15 is 0 Å². The molecule has 0 aliphatic carbocycles. The van der Waals surface area contributed by atoms with Gasteiger partial charge in [0.15, 0.2) is 12.6 Å². The first-order chi connectivity index (χ1) is 6.69. The molecular formula is C8H4Br2O2S2. The van der Waals surface area contributed by atoms with Crippen LogP contribution in [0.5, 0.6) is 0 Å². The first-order valence-electron chi connectivity index (χ1n) is 3.72. The van der Waals surface area contributed by atoms with Gasteiger partial charge >= 0.3 is 0 Å². The molecule has 2 atom stereocenters. The zero-order valence-corrected chi connectivity index (χ0v) is 11.5. The summed E-state index contributed by atoms with van der Waals surface area (Å²) in [6.07, 6.45) is 1.71. The summed E-state index contributed by atoms with van der Waals surface area (Å²) in [5.74, 6) is 0. The number of halogens is 2. The summed E-state index contributed by atoms with van der Waals surface area (Å²) in [6, 6.07) is 0. The molecule has 0 saturated carbocycles. The van der Waals surface area contributed by atoms with Crippen LogP contribution >= 0.6 is 55.4 Å². The highest BCUT2D eigenvalue weighted by atomic mass is 79.9. The van der Waals surface area contributed by atoms with E-state index in [1.165, 1.54) is 23.5 Å². The molecule has 0 amide bonds. The summed E-state index contributed by atoms with van der Waals surface area (Å²) in [4.78, 5) is 22.8. The van der Waals surface area contributed by atoms with E-state index in [1.807, 2.05) is 0 Å². The fourth-order valence-electron chi connectivity index (χ4n) is 1.33. The van der Waals surface area contributed by atoms with Gasteiger partial charge in [0.2, 0.25) is 0 Å². The van der Waals surface area contributed by atoms with Gasteiger partial charge in [-0.1, -0.05) is 31.9 Å². The van der Waals surface area contributed by atoms with E-state index in [0.717, 1.165) is 31.3 Å². The topological polar surface area (TPSA) is 34.1 Å². The highest BCUT2D eigenvalue weighted by Gasteiger charge is 2.42. The Balaban J connectivity index is 2.31. The average Bonchev–Trinajstić information content (AvgIpc) is 2.66. The van der Waals surface area contributed by atoms with Crippen molar-refractivity contribution in [2.45, 2.75) is 10.5 Å². The molecule has 0 saturated heterocycles. The van der Waals surface area contributed by atoms with Crippen molar-refractivity contribution in [1.82, 2.24) is 0 Å². The lowest BCUT2D eigenvalue weighted by molar-refractivity contribution is -0.105. The normalized spacial score (nSPS) is 31.0. The Morgan fingerprint density at radius 1 is 0.929 bits per heavy atom. The third kappa shape index (κ3) is 1.56. The lowest BCUT2D eigenvalue weighted by Gasteiger charge is -2.08. The minimum absolute atomic E-state index is 0.176. The van der Waals surface area contributed by atoms with Crippen molar-refractivity contribution in [3.8, 4) is 0 Å². The molecule has 0 aromatic heterocycles. The maximum Gasteiger partial charge on any atom is 0.157 e. The summed E-state index contributed by atoms with van der Waals surface area (Å²) >= 11 is 9.79. The van der Waals surface area contributed by atoms with Crippen molar-refractivity contribution in [2.24, 2.45) is 0 Å². The zero-order chi connectivity index (χ0) is 10.3. The van der Waals surface area contributed by atoms with Crippen molar-refractivity contribution in [3.05, 3.63) is 18.8 Å². The molecule has 74 valence electrons. The molecule has 6 heteroatoms. The van der Waals surface area contributed by atoms with E-state index < -0.39 is 0 Å². The molecule has 2 heterocycles. The highest BCUT2D eigenvalue weighted by molar-refractivity contribution is 9.12. The molecule has 2 aliphatic heterocycles. The number of carbonyl (C=O) groups is 2. The summed E-state index contributed by atoms with van der Waals surface area (Å²) in [5.41, 5.74) is 0. The van der Waals surface area contributed by atoms with Crippen LogP contribution in [0.3, 0.4) is 0 Å². The van der Waals surface area contributed by atoms with Gasteiger partial charge in [-0.15, -0.1) is 23.5 Å². The molecule has 0 fully saturated rings. The molecule has 0 bridgehead atoms. The number of hydrogen-bond donors (Lipinski definition) is 0. The second-order valence-electron chi connectivity index (χ2n) is 2.74. The molecule has 0 aromatic carbocycles. The van der Waals surface area contributed by atoms with E-state index in [-0.39, 0.29) is 10.5 Å². The SMILES string of the molecule is O=CC1=C(Br)C2SC(C=O)=C(Br)C2S1. The van der Waals surface area contributed by atoms with Crippen LogP contribution in [0.1, 0.15) is 0 Å². The number of aldehydes is 2. The predicted molar refractivity (Wildman–Crippen MR) is 66.8 cm³/mol. The molecule has 2 nitrogen and oxygen atoms in total. The van der Waals surface area contributed by atoms with Crippen molar-refractivity contribution in [1.29, 1.82) is 0 Å². The first-order valence-corrected chi connectivity index (χ1v) is 7.06. The van der Waals surface area contributed by atoms with E-state index in [0.29, 0.717) is 0 Å². The molecule has 0 N–H and O–H groups in total. The minimum atomic E-state index is 0.176. The van der Waals surface area contributed by atoms with Gasteiger partial charge < -0.3 is 0 Å². The predicted octanol–water partition coefficient (Wildman–Crippen LogP) is 2.83. The largest absolute Gasteiger partial charge is 0.297 e. The summed E-state index contributed by atoms with van der Waals surface area (Å²) in [5, 5.41) is 0.351. The van der Waals surface area contributed by atoms with Gasteiger partial charge in [0.25, 0.3) is 0 Å². The fraction of sp³-hybridized carbons (Fsp3) is 0.250. The fourth-order valence-corrected chi connectivity index (χ4v) is 6.11. The van der Waals surface area contributed by atoms with E-state index in [2.05, 4.69) is 31.9 Å². The Kier molecular flexibility index (Phi) is 3.26. The third-order valence-electron chi connectivity index (χ3n) is 1.97. The number of hydrogen-bond acceptors (Lipinski definition) is 4. The molecule has 0 radical (unpaired) electrons. The van der Waals surface area contributed by atoms with Crippen molar-refractivity contribution >= 4 is 68.0 Å². The van der Waals surface area contributed by atoms with Gasteiger partial charge in [0.05, 0.1) is 20.3 Å². The second kappa shape index (κ2) is 4.15.